The summed E-state index contributed by atoms with van der Waals surface area (Å²) in [7, 11) is -3.60. The van der Waals surface area contributed by atoms with Crippen LogP contribution in [0.2, 0.25) is 0 Å². The van der Waals surface area contributed by atoms with Gasteiger partial charge >= 0.3 is 0 Å². The molecule has 2 heterocycles. The van der Waals surface area contributed by atoms with Crippen molar-refractivity contribution in [2.45, 2.75) is 29.6 Å². The summed E-state index contributed by atoms with van der Waals surface area (Å²) in [6.45, 7) is 2.37. The zero-order valence-corrected chi connectivity index (χ0v) is 15.6. The molecule has 0 saturated carbocycles. The van der Waals surface area contributed by atoms with Crippen molar-refractivity contribution in [1.29, 1.82) is 0 Å². The molecule has 0 spiro atoms. The van der Waals surface area contributed by atoms with E-state index < -0.39 is 10.0 Å². The maximum atomic E-state index is 12.5. The quantitative estimate of drug-likeness (QED) is 0.834. The molecule has 1 amide bonds. The minimum atomic E-state index is -3.60. The standard InChI is InChI=1S/C16H18N2O3S3/c1-11-5-8-22-14(11)4-7-17-24(20,21)12-2-3-15-13(10-12)18-16(19)6-9-23-15/h2-3,5,8,10,17H,4,6-7,9H2,1H3,(H,18,19). The zero-order valence-electron chi connectivity index (χ0n) is 13.2. The van der Waals surface area contributed by atoms with Crippen LogP contribution in [0.5, 0.6) is 0 Å². The number of hydrogen-bond acceptors (Lipinski definition) is 5. The van der Waals surface area contributed by atoms with Gasteiger partial charge in [0.15, 0.2) is 0 Å². The molecule has 128 valence electrons. The number of aryl methyl sites for hydroxylation is 1. The summed E-state index contributed by atoms with van der Waals surface area (Å²) in [5.74, 6) is 0.612. The van der Waals surface area contributed by atoms with Gasteiger partial charge in [-0.3, -0.25) is 4.79 Å². The highest BCUT2D eigenvalue weighted by Gasteiger charge is 2.19. The number of hydrogen-bond donors (Lipinski definition) is 2. The molecule has 0 saturated heterocycles. The van der Waals surface area contributed by atoms with E-state index in [9.17, 15) is 13.2 Å². The summed E-state index contributed by atoms with van der Waals surface area (Å²) in [4.78, 5) is 13.9. The number of carbonyl (C=O) groups excluding carboxylic acids is 1. The molecule has 0 aliphatic carbocycles. The molecule has 3 rings (SSSR count). The number of thioether (sulfide) groups is 1. The number of nitrogens with one attached hydrogen (secondary N) is 2. The van der Waals surface area contributed by atoms with Gasteiger partial charge in [0.1, 0.15) is 0 Å². The number of carbonyl (C=O) groups is 1. The van der Waals surface area contributed by atoms with Gasteiger partial charge < -0.3 is 5.32 Å². The van der Waals surface area contributed by atoms with Crippen molar-refractivity contribution in [2.24, 2.45) is 0 Å². The van der Waals surface area contributed by atoms with Gasteiger partial charge in [0.05, 0.1) is 10.6 Å². The number of fused-ring (bicyclic) bond motifs is 1. The van der Waals surface area contributed by atoms with Crippen LogP contribution in [0.3, 0.4) is 0 Å². The van der Waals surface area contributed by atoms with E-state index in [1.807, 2.05) is 18.4 Å². The van der Waals surface area contributed by atoms with E-state index >= 15 is 0 Å². The van der Waals surface area contributed by atoms with Crippen LogP contribution in [-0.2, 0) is 21.2 Å². The lowest BCUT2D eigenvalue weighted by Crippen LogP contribution is -2.26. The number of thiophene rings is 1. The average molecular weight is 383 g/mol. The molecule has 2 N–H and O–H groups in total. The van der Waals surface area contributed by atoms with Crippen LogP contribution < -0.4 is 10.0 Å². The predicted molar refractivity (Wildman–Crippen MR) is 98.4 cm³/mol. The van der Waals surface area contributed by atoms with Crippen molar-refractivity contribution in [3.63, 3.8) is 0 Å². The number of benzene rings is 1. The fourth-order valence-corrected chi connectivity index (χ4v) is 5.31. The molecule has 0 fully saturated rings. The Hall–Kier alpha value is -1.35. The number of anilines is 1. The summed E-state index contributed by atoms with van der Waals surface area (Å²) in [5, 5.41) is 4.78. The smallest absolute Gasteiger partial charge is 0.240 e. The second kappa shape index (κ2) is 7.26. The molecule has 8 heteroatoms. The Kier molecular flexibility index (Phi) is 5.29. The van der Waals surface area contributed by atoms with Crippen molar-refractivity contribution in [1.82, 2.24) is 4.72 Å². The Morgan fingerprint density at radius 2 is 2.12 bits per heavy atom. The molecule has 0 atom stereocenters. The van der Waals surface area contributed by atoms with E-state index in [-0.39, 0.29) is 10.8 Å². The molecule has 5 nitrogen and oxygen atoms in total. The van der Waals surface area contributed by atoms with E-state index in [0.29, 0.717) is 30.8 Å². The Bertz CT molecular complexity index is 859. The van der Waals surface area contributed by atoms with Crippen molar-refractivity contribution in [2.75, 3.05) is 17.6 Å². The Balaban J connectivity index is 1.72. The fourth-order valence-electron chi connectivity index (χ4n) is 2.41. The molecule has 1 aromatic carbocycles. The van der Waals surface area contributed by atoms with Crippen LogP contribution in [0.4, 0.5) is 5.69 Å². The third-order valence-corrected chi connectivity index (χ3v) is 7.35. The first kappa shape index (κ1) is 17.5. The second-order valence-corrected chi connectivity index (χ2v) is 9.38. The van der Waals surface area contributed by atoms with Crippen molar-refractivity contribution in [3.05, 3.63) is 40.1 Å². The van der Waals surface area contributed by atoms with Crippen LogP contribution in [0, 0.1) is 6.92 Å². The van der Waals surface area contributed by atoms with Crippen LogP contribution in [0.25, 0.3) is 0 Å². The highest BCUT2D eigenvalue weighted by molar-refractivity contribution is 7.99. The maximum absolute atomic E-state index is 12.5. The molecule has 1 aromatic heterocycles. The molecular formula is C16H18N2O3S3. The normalized spacial score (nSPS) is 14.8. The molecule has 1 aliphatic rings. The largest absolute Gasteiger partial charge is 0.325 e. The van der Waals surface area contributed by atoms with E-state index in [1.165, 1.54) is 16.5 Å². The molecule has 1 aliphatic heterocycles. The third kappa shape index (κ3) is 4.00. The SMILES string of the molecule is Cc1ccsc1CCNS(=O)(=O)c1ccc2c(c1)NC(=O)CCS2. The summed E-state index contributed by atoms with van der Waals surface area (Å²) in [6, 6.07) is 6.90. The minimum absolute atomic E-state index is 0.0862. The van der Waals surface area contributed by atoms with Gasteiger partial charge in [-0.25, -0.2) is 13.1 Å². The van der Waals surface area contributed by atoms with Gasteiger partial charge in [-0.05, 0) is 48.6 Å². The maximum Gasteiger partial charge on any atom is 0.240 e. The van der Waals surface area contributed by atoms with E-state index in [1.54, 1.807) is 35.2 Å². The van der Waals surface area contributed by atoms with Crippen LogP contribution in [0.1, 0.15) is 16.9 Å². The van der Waals surface area contributed by atoms with Crippen molar-refractivity contribution < 1.29 is 13.2 Å². The molecule has 2 aromatic rings. The van der Waals surface area contributed by atoms with Crippen LogP contribution >= 0.6 is 23.1 Å². The van der Waals surface area contributed by atoms with E-state index in [0.717, 1.165) is 4.90 Å². The first-order valence-corrected chi connectivity index (χ1v) is 10.9. The highest BCUT2D eigenvalue weighted by Crippen LogP contribution is 2.32. The first-order chi connectivity index (χ1) is 11.5. The monoisotopic (exact) mass is 382 g/mol. The average Bonchev–Trinajstić information content (AvgIpc) is 2.84. The van der Waals surface area contributed by atoms with Gasteiger partial charge in [0, 0.05) is 28.5 Å². The number of amides is 1. The topological polar surface area (TPSA) is 75.3 Å². The zero-order chi connectivity index (χ0) is 17.2. The lowest BCUT2D eigenvalue weighted by atomic mass is 10.2. The lowest BCUT2D eigenvalue weighted by Gasteiger charge is -2.10. The van der Waals surface area contributed by atoms with Crippen molar-refractivity contribution in [3.8, 4) is 0 Å². The summed E-state index contributed by atoms with van der Waals surface area (Å²) >= 11 is 3.19. The van der Waals surface area contributed by atoms with Gasteiger partial charge in [0.25, 0.3) is 0 Å². The fraction of sp³-hybridized carbons (Fsp3) is 0.312. The number of rotatable bonds is 5. The summed E-state index contributed by atoms with van der Waals surface area (Å²) < 4.78 is 27.6. The van der Waals surface area contributed by atoms with Crippen LogP contribution in [-0.4, -0.2) is 26.6 Å². The van der Waals surface area contributed by atoms with Crippen molar-refractivity contribution >= 4 is 44.7 Å². The predicted octanol–water partition coefficient (Wildman–Crippen LogP) is 3.01. The van der Waals surface area contributed by atoms with Gasteiger partial charge in [-0.2, -0.15) is 0 Å². The summed E-state index contributed by atoms with van der Waals surface area (Å²) in [6.07, 6.45) is 1.10. The van der Waals surface area contributed by atoms with Gasteiger partial charge in [0.2, 0.25) is 15.9 Å². The van der Waals surface area contributed by atoms with E-state index in [4.69, 9.17) is 0 Å². The van der Waals surface area contributed by atoms with Gasteiger partial charge in [-0.1, -0.05) is 0 Å². The van der Waals surface area contributed by atoms with Crippen LogP contribution in [0.15, 0.2) is 39.4 Å². The number of sulfonamides is 1. The van der Waals surface area contributed by atoms with Gasteiger partial charge in [-0.15, -0.1) is 23.1 Å². The Morgan fingerprint density at radius 3 is 2.88 bits per heavy atom. The highest BCUT2D eigenvalue weighted by atomic mass is 32.2. The molecule has 0 unspecified atom stereocenters. The Morgan fingerprint density at radius 1 is 1.29 bits per heavy atom. The second-order valence-electron chi connectivity index (χ2n) is 5.48. The van der Waals surface area contributed by atoms with E-state index in [2.05, 4.69) is 10.0 Å². The minimum Gasteiger partial charge on any atom is -0.325 e. The lowest BCUT2D eigenvalue weighted by molar-refractivity contribution is -0.115. The molecule has 24 heavy (non-hydrogen) atoms. The molecule has 0 radical (unpaired) electrons. The molecular weight excluding hydrogens is 364 g/mol. The summed E-state index contributed by atoms with van der Waals surface area (Å²) in [5.41, 5.74) is 1.75. The Labute approximate surface area is 149 Å². The third-order valence-electron chi connectivity index (χ3n) is 3.73. The first-order valence-electron chi connectivity index (χ1n) is 7.55. The molecule has 0 bridgehead atoms.